The number of ether oxygens (including phenoxy) is 1. The van der Waals surface area contributed by atoms with Gasteiger partial charge in [-0.1, -0.05) is 6.92 Å². The minimum absolute atomic E-state index is 0.0422. The Hall–Kier alpha value is -1.63. The highest BCUT2D eigenvalue weighted by Gasteiger charge is 2.18. The quantitative estimate of drug-likeness (QED) is 0.517. The summed E-state index contributed by atoms with van der Waals surface area (Å²) >= 11 is 0. The first-order chi connectivity index (χ1) is 7.97. The number of nitrogens with zero attached hydrogens (tertiary/aromatic N) is 1. The molecule has 0 bridgehead atoms. The molecule has 0 fully saturated rings. The van der Waals surface area contributed by atoms with E-state index in [1.807, 2.05) is 6.92 Å². The summed E-state index contributed by atoms with van der Waals surface area (Å²) in [5.41, 5.74) is 4.93. The maximum atomic E-state index is 11.6. The van der Waals surface area contributed by atoms with E-state index in [1.165, 1.54) is 0 Å². The minimum Gasteiger partial charge on any atom is -0.480 e. The van der Waals surface area contributed by atoms with E-state index < -0.39 is 24.3 Å². The van der Waals surface area contributed by atoms with Crippen LogP contribution in [0.15, 0.2) is 0 Å². The van der Waals surface area contributed by atoms with Crippen molar-refractivity contribution in [3.63, 3.8) is 0 Å². The van der Waals surface area contributed by atoms with Crippen LogP contribution in [0.2, 0.25) is 0 Å². The molecule has 0 aliphatic heterocycles. The van der Waals surface area contributed by atoms with E-state index in [4.69, 9.17) is 15.6 Å². The van der Waals surface area contributed by atoms with Gasteiger partial charge in [0.25, 0.3) is 0 Å². The monoisotopic (exact) mass is 246 g/mol. The Balaban J connectivity index is 4.12. The molecule has 0 aromatic rings. The number of carboxylic acids is 1. The van der Waals surface area contributed by atoms with Gasteiger partial charge in [0.15, 0.2) is 0 Å². The van der Waals surface area contributed by atoms with E-state index in [2.05, 4.69) is 0 Å². The molecule has 0 aliphatic carbocycles. The first-order valence-corrected chi connectivity index (χ1v) is 5.33. The second-order valence-corrected chi connectivity index (χ2v) is 3.47. The highest BCUT2D eigenvalue weighted by molar-refractivity contribution is 5.86. The first kappa shape index (κ1) is 15.4. The van der Waals surface area contributed by atoms with Crippen molar-refractivity contribution >= 4 is 17.8 Å². The molecule has 98 valence electrons. The summed E-state index contributed by atoms with van der Waals surface area (Å²) in [6, 6.07) is 0. The summed E-state index contributed by atoms with van der Waals surface area (Å²) in [5, 5.41) is 8.58. The SMILES string of the molecule is CCCOCCC(=O)N(CC(N)=O)CC(=O)O. The Bertz CT molecular complexity index is 264. The molecule has 0 aliphatic rings. The second kappa shape index (κ2) is 8.51. The van der Waals surface area contributed by atoms with Crippen LogP contribution in [-0.4, -0.2) is 54.1 Å². The number of hydrogen-bond acceptors (Lipinski definition) is 4. The molecule has 7 heteroatoms. The van der Waals surface area contributed by atoms with Crippen LogP contribution in [-0.2, 0) is 19.1 Å². The predicted molar refractivity (Wildman–Crippen MR) is 59.1 cm³/mol. The Labute approximate surface area is 99.5 Å². The highest BCUT2D eigenvalue weighted by atomic mass is 16.5. The molecular weight excluding hydrogens is 228 g/mol. The lowest BCUT2D eigenvalue weighted by atomic mass is 10.3. The topological polar surface area (TPSA) is 110 Å². The number of primary amides is 1. The smallest absolute Gasteiger partial charge is 0.323 e. The van der Waals surface area contributed by atoms with Gasteiger partial charge in [-0.2, -0.15) is 0 Å². The van der Waals surface area contributed by atoms with Crippen molar-refractivity contribution in [2.24, 2.45) is 5.73 Å². The van der Waals surface area contributed by atoms with Crippen LogP contribution in [0.4, 0.5) is 0 Å². The number of aliphatic carboxylic acids is 1. The zero-order chi connectivity index (χ0) is 13.3. The largest absolute Gasteiger partial charge is 0.480 e. The number of hydrogen-bond donors (Lipinski definition) is 2. The van der Waals surface area contributed by atoms with Crippen LogP contribution in [0, 0.1) is 0 Å². The zero-order valence-electron chi connectivity index (χ0n) is 9.85. The standard InChI is InChI=1S/C10H18N2O5/c1-2-4-17-5-3-9(14)12(6-8(11)13)7-10(15)16/h2-7H2,1H3,(H2,11,13)(H,15,16). The molecule has 7 nitrogen and oxygen atoms in total. The van der Waals surface area contributed by atoms with E-state index in [1.54, 1.807) is 0 Å². The number of carbonyl (C=O) groups excluding carboxylic acids is 2. The van der Waals surface area contributed by atoms with Crippen molar-refractivity contribution in [2.45, 2.75) is 19.8 Å². The van der Waals surface area contributed by atoms with Gasteiger partial charge in [0.2, 0.25) is 11.8 Å². The number of rotatable bonds is 9. The van der Waals surface area contributed by atoms with Crippen LogP contribution in [0.3, 0.4) is 0 Å². The van der Waals surface area contributed by atoms with Crippen LogP contribution >= 0.6 is 0 Å². The van der Waals surface area contributed by atoms with Gasteiger partial charge < -0.3 is 20.5 Å². The molecular formula is C10H18N2O5. The molecule has 3 N–H and O–H groups in total. The molecule has 0 atom stereocenters. The summed E-state index contributed by atoms with van der Waals surface area (Å²) in [6.45, 7) is 1.77. The average Bonchev–Trinajstić information content (AvgIpc) is 2.22. The van der Waals surface area contributed by atoms with Crippen LogP contribution in [0.5, 0.6) is 0 Å². The number of carboxylic acid groups (broad SMARTS) is 1. The third kappa shape index (κ3) is 8.21. The number of carbonyl (C=O) groups is 3. The molecule has 0 aromatic heterocycles. The average molecular weight is 246 g/mol. The molecule has 0 saturated carbocycles. The van der Waals surface area contributed by atoms with E-state index in [0.29, 0.717) is 6.61 Å². The van der Waals surface area contributed by atoms with Crippen molar-refractivity contribution in [1.29, 1.82) is 0 Å². The molecule has 2 amide bonds. The molecule has 0 radical (unpaired) electrons. The van der Waals surface area contributed by atoms with Gasteiger partial charge in [-0.3, -0.25) is 14.4 Å². The minimum atomic E-state index is -1.19. The van der Waals surface area contributed by atoms with E-state index in [0.717, 1.165) is 11.3 Å². The maximum Gasteiger partial charge on any atom is 0.323 e. The third-order valence-electron chi connectivity index (χ3n) is 1.83. The molecule has 17 heavy (non-hydrogen) atoms. The highest BCUT2D eigenvalue weighted by Crippen LogP contribution is 1.96. The summed E-state index contributed by atoms with van der Waals surface area (Å²) in [7, 11) is 0. The normalized spacial score (nSPS) is 9.94. The van der Waals surface area contributed by atoms with Crippen LogP contribution in [0.1, 0.15) is 19.8 Å². The summed E-state index contributed by atoms with van der Waals surface area (Å²) in [5.74, 6) is -2.38. The summed E-state index contributed by atoms with van der Waals surface area (Å²) in [4.78, 5) is 33.6. The van der Waals surface area contributed by atoms with Gasteiger partial charge in [0.1, 0.15) is 6.54 Å². The summed E-state index contributed by atoms with van der Waals surface area (Å²) < 4.78 is 5.10. The van der Waals surface area contributed by atoms with Crippen LogP contribution in [0.25, 0.3) is 0 Å². The van der Waals surface area contributed by atoms with Gasteiger partial charge in [0, 0.05) is 6.61 Å². The molecule has 0 spiro atoms. The lowest BCUT2D eigenvalue weighted by molar-refractivity contribution is -0.146. The molecule has 0 unspecified atom stereocenters. The fourth-order valence-electron chi connectivity index (χ4n) is 1.15. The zero-order valence-corrected chi connectivity index (χ0v) is 9.85. The third-order valence-corrected chi connectivity index (χ3v) is 1.83. The maximum absolute atomic E-state index is 11.6. The van der Waals surface area contributed by atoms with Crippen molar-refractivity contribution < 1.29 is 24.2 Å². The van der Waals surface area contributed by atoms with Crippen molar-refractivity contribution in [2.75, 3.05) is 26.3 Å². The van der Waals surface area contributed by atoms with Crippen molar-refractivity contribution in [3.05, 3.63) is 0 Å². The molecule has 0 saturated heterocycles. The Morgan fingerprint density at radius 2 is 1.88 bits per heavy atom. The number of nitrogens with two attached hydrogens (primary N) is 1. The molecule has 0 rings (SSSR count). The first-order valence-electron chi connectivity index (χ1n) is 5.33. The lowest BCUT2D eigenvalue weighted by Crippen LogP contribution is -2.41. The van der Waals surface area contributed by atoms with Gasteiger partial charge in [-0.05, 0) is 6.42 Å². The summed E-state index contributed by atoms with van der Waals surface area (Å²) in [6.07, 6.45) is 0.884. The van der Waals surface area contributed by atoms with E-state index >= 15 is 0 Å². The van der Waals surface area contributed by atoms with Crippen molar-refractivity contribution in [3.8, 4) is 0 Å². The lowest BCUT2D eigenvalue weighted by Gasteiger charge is -2.18. The Morgan fingerprint density at radius 1 is 1.24 bits per heavy atom. The Morgan fingerprint density at radius 3 is 2.35 bits per heavy atom. The van der Waals surface area contributed by atoms with Crippen molar-refractivity contribution in [1.82, 2.24) is 4.90 Å². The fourth-order valence-corrected chi connectivity index (χ4v) is 1.15. The van der Waals surface area contributed by atoms with Crippen LogP contribution < -0.4 is 5.73 Å². The Kier molecular flexibility index (Phi) is 7.70. The van der Waals surface area contributed by atoms with Gasteiger partial charge in [-0.15, -0.1) is 0 Å². The van der Waals surface area contributed by atoms with E-state index in [9.17, 15) is 14.4 Å². The van der Waals surface area contributed by atoms with Gasteiger partial charge in [0.05, 0.1) is 19.6 Å². The second-order valence-electron chi connectivity index (χ2n) is 3.47. The molecule has 0 aromatic carbocycles. The fraction of sp³-hybridized carbons (Fsp3) is 0.700. The van der Waals surface area contributed by atoms with Gasteiger partial charge in [-0.25, -0.2) is 0 Å². The predicted octanol–water partition coefficient (Wildman–Crippen LogP) is -0.798. The van der Waals surface area contributed by atoms with E-state index in [-0.39, 0.29) is 19.6 Å². The van der Waals surface area contributed by atoms with Gasteiger partial charge >= 0.3 is 5.97 Å². The molecule has 0 heterocycles. The number of amides is 2.